The van der Waals surface area contributed by atoms with Crippen LogP contribution < -0.4 is 5.19 Å². The van der Waals surface area contributed by atoms with E-state index < -0.39 is 8.07 Å². The molecule has 6 heteroatoms. The van der Waals surface area contributed by atoms with Gasteiger partial charge < -0.3 is 14.4 Å². The van der Waals surface area contributed by atoms with Crippen LogP contribution >= 0.6 is 0 Å². The molecule has 4 heterocycles. The largest absolute Gasteiger partial charge is 0.486 e. The molecule has 52 heavy (non-hydrogen) atoms. The normalized spacial score (nSPS) is 14.6. The van der Waals surface area contributed by atoms with E-state index in [4.69, 9.17) is 14.4 Å². The Morgan fingerprint density at radius 1 is 0.846 bits per heavy atom. The predicted octanol–water partition coefficient (Wildman–Crippen LogP) is 12.3. The zero-order chi connectivity index (χ0) is 36.3. The maximum Gasteiger partial charge on any atom is 0.216 e. The van der Waals surface area contributed by atoms with Gasteiger partial charge in [0.15, 0.2) is 0 Å². The average Bonchev–Trinajstić information content (AvgIpc) is 3.49. The molecule has 0 N–H and O–H groups in total. The number of furan rings is 1. The smallest absolute Gasteiger partial charge is 0.216 e. The van der Waals surface area contributed by atoms with E-state index in [2.05, 4.69) is 127 Å². The van der Waals surface area contributed by atoms with Crippen molar-refractivity contribution >= 4 is 35.3 Å². The molecule has 0 amide bonds. The van der Waals surface area contributed by atoms with Crippen LogP contribution in [0.1, 0.15) is 102 Å². The molecule has 0 bridgehead atoms. The van der Waals surface area contributed by atoms with Gasteiger partial charge in [-0.2, -0.15) is 0 Å². The van der Waals surface area contributed by atoms with Crippen LogP contribution in [0.5, 0.6) is 0 Å². The summed E-state index contributed by atoms with van der Waals surface area (Å²) in [5.74, 6) is 1.65. The van der Waals surface area contributed by atoms with Gasteiger partial charge in [0.2, 0.25) is 5.71 Å². The maximum atomic E-state index is 6.34. The second-order valence-electron chi connectivity index (χ2n) is 17.0. The van der Waals surface area contributed by atoms with Crippen LogP contribution in [0.3, 0.4) is 0 Å². The van der Waals surface area contributed by atoms with Gasteiger partial charge in [-0.15, -0.1) is 54.1 Å². The summed E-state index contributed by atoms with van der Waals surface area (Å²) in [5.41, 5.74) is 9.62. The van der Waals surface area contributed by atoms with E-state index in [1.54, 1.807) is 0 Å². The number of hydrogen-bond donors (Lipinski definition) is 0. The third-order valence-corrected chi connectivity index (χ3v) is 12.7. The van der Waals surface area contributed by atoms with Gasteiger partial charge in [-0.3, -0.25) is 0 Å². The Hall–Kier alpha value is -3.44. The van der Waals surface area contributed by atoms with E-state index in [0.717, 1.165) is 51.0 Å². The van der Waals surface area contributed by atoms with Gasteiger partial charge in [-0.1, -0.05) is 115 Å². The molecule has 1 fully saturated rings. The SMILES string of the molecule is CC(C)Cc1cc(-c2[c-]cccc2)ncc1[Si](C)(C)C.CC(c1ccc2c(n1)oc1c(-c3cc(C4CCCCC4)ccn3)[c-]ccc12)C(C)(C)C.[Ir]. The van der Waals surface area contributed by atoms with Crippen LogP contribution in [0.2, 0.25) is 19.6 Å². The van der Waals surface area contributed by atoms with Crippen LogP contribution in [-0.2, 0) is 26.5 Å². The number of fused-ring (bicyclic) bond motifs is 3. The molecule has 7 rings (SSSR count). The Labute approximate surface area is 326 Å². The molecule has 0 spiro atoms. The molecule has 0 aliphatic heterocycles. The topological polar surface area (TPSA) is 51.8 Å². The molecular weight excluding hydrogens is 831 g/mol. The van der Waals surface area contributed by atoms with Crippen LogP contribution in [0.15, 0.2) is 83.5 Å². The van der Waals surface area contributed by atoms with Crippen molar-refractivity contribution in [2.75, 3.05) is 0 Å². The first-order valence-electron chi connectivity index (χ1n) is 19.0. The monoisotopic (exact) mass is 886 g/mol. The van der Waals surface area contributed by atoms with Gasteiger partial charge in [0.05, 0.1) is 13.7 Å². The van der Waals surface area contributed by atoms with Crippen LogP contribution in [0, 0.1) is 23.5 Å². The molecular formula is C46H55IrN3OSi-2. The average molecular weight is 886 g/mol. The molecule has 1 unspecified atom stereocenters. The number of benzene rings is 2. The summed E-state index contributed by atoms with van der Waals surface area (Å²) in [4.78, 5) is 14.3. The first-order valence-corrected chi connectivity index (χ1v) is 22.5. The number of aromatic nitrogens is 3. The van der Waals surface area contributed by atoms with E-state index in [1.807, 2.05) is 30.5 Å². The molecule has 1 saturated carbocycles. The first kappa shape index (κ1) is 39.8. The molecule has 1 radical (unpaired) electrons. The van der Waals surface area contributed by atoms with Crippen LogP contribution in [0.25, 0.3) is 44.6 Å². The number of pyridine rings is 3. The van der Waals surface area contributed by atoms with Crippen molar-refractivity contribution in [2.24, 2.45) is 11.3 Å². The Bertz CT molecular complexity index is 2090. The predicted molar refractivity (Wildman–Crippen MR) is 217 cm³/mol. The van der Waals surface area contributed by atoms with Gasteiger partial charge in [0.25, 0.3) is 0 Å². The minimum atomic E-state index is -1.34. The Morgan fingerprint density at radius 2 is 1.62 bits per heavy atom. The molecule has 4 nitrogen and oxygen atoms in total. The minimum Gasteiger partial charge on any atom is -0.486 e. The number of hydrogen-bond acceptors (Lipinski definition) is 4. The van der Waals surface area contributed by atoms with Crippen LogP contribution in [0.4, 0.5) is 0 Å². The van der Waals surface area contributed by atoms with Gasteiger partial charge in [0.1, 0.15) is 0 Å². The van der Waals surface area contributed by atoms with Crippen molar-refractivity contribution in [3.63, 3.8) is 0 Å². The van der Waals surface area contributed by atoms with Crippen molar-refractivity contribution < 1.29 is 24.5 Å². The fourth-order valence-electron chi connectivity index (χ4n) is 7.27. The van der Waals surface area contributed by atoms with Crippen molar-refractivity contribution in [1.29, 1.82) is 0 Å². The zero-order valence-corrected chi connectivity index (χ0v) is 36.0. The minimum absolute atomic E-state index is 0. The van der Waals surface area contributed by atoms with E-state index >= 15 is 0 Å². The molecule has 1 atom stereocenters. The van der Waals surface area contributed by atoms with Gasteiger partial charge in [-0.25, -0.2) is 4.98 Å². The molecule has 6 aromatic rings. The summed E-state index contributed by atoms with van der Waals surface area (Å²) >= 11 is 0. The molecule has 4 aromatic heterocycles. The number of rotatable bonds is 7. The Balaban J connectivity index is 0.000000217. The van der Waals surface area contributed by atoms with Crippen LogP contribution in [-0.4, -0.2) is 23.0 Å². The third kappa shape index (κ3) is 9.19. The van der Waals surface area contributed by atoms with Crippen molar-refractivity contribution in [3.05, 3.63) is 108 Å². The summed E-state index contributed by atoms with van der Waals surface area (Å²) in [7, 11) is -1.34. The Morgan fingerprint density at radius 3 is 2.29 bits per heavy atom. The zero-order valence-electron chi connectivity index (χ0n) is 32.6. The van der Waals surface area contributed by atoms with E-state index in [0.29, 0.717) is 23.5 Å². The summed E-state index contributed by atoms with van der Waals surface area (Å²) in [5, 5.41) is 3.63. The summed E-state index contributed by atoms with van der Waals surface area (Å²) in [6.07, 6.45) is 11.8. The molecule has 275 valence electrons. The molecule has 1 aliphatic carbocycles. The van der Waals surface area contributed by atoms with Gasteiger partial charge in [-0.05, 0) is 71.3 Å². The molecule has 0 saturated heterocycles. The van der Waals surface area contributed by atoms with E-state index in [9.17, 15) is 0 Å². The Kier molecular flexibility index (Phi) is 12.8. The second kappa shape index (κ2) is 16.7. The standard InChI is InChI=1S/C28H31N2O.C18H24NSi.Ir/c1-18(28(2,3)4)24-14-13-22-21-11-8-12-23(26(21)31-27(22)30-24)25-17-20(15-16-29-25)19-9-6-5-7-10-19;1-14(2)11-16-12-17(15-9-7-6-8-10-15)19-13-18(16)20(3,4)5;/h8,11,13-19H,5-7,9-10H2,1-4H3;6-9,12-14H,11H2,1-5H3;/q2*-1;. The number of nitrogens with zero attached hydrogens (tertiary/aromatic N) is 3. The van der Waals surface area contributed by atoms with E-state index in [1.165, 1.54) is 48.4 Å². The third-order valence-electron chi connectivity index (χ3n) is 10.6. The van der Waals surface area contributed by atoms with Crippen molar-refractivity contribution in [2.45, 2.75) is 112 Å². The van der Waals surface area contributed by atoms with Crippen molar-refractivity contribution in [3.8, 4) is 22.5 Å². The fourth-order valence-corrected chi connectivity index (χ4v) is 8.86. The summed E-state index contributed by atoms with van der Waals surface area (Å²) in [6.45, 7) is 20.7. The van der Waals surface area contributed by atoms with E-state index in [-0.39, 0.29) is 25.5 Å². The maximum absolute atomic E-state index is 6.34. The summed E-state index contributed by atoms with van der Waals surface area (Å²) < 4.78 is 6.34. The molecule has 1 aliphatic rings. The summed E-state index contributed by atoms with van der Waals surface area (Å²) in [6, 6.07) is 29.8. The van der Waals surface area contributed by atoms with Gasteiger partial charge >= 0.3 is 0 Å². The second-order valence-corrected chi connectivity index (χ2v) is 22.1. The molecule has 2 aromatic carbocycles. The first-order chi connectivity index (χ1) is 24.3. The van der Waals surface area contributed by atoms with Crippen molar-refractivity contribution in [1.82, 2.24) is 15.0 Å². The quantitative estimate of drug-likeness (QED) is 0.118. The van der Waals surface area contributed by atoms with Gasteiger partial charge in [0, 0.05) is 49.5 Å². The fraction of sp³-hybridized carbons (Fsp3) is 0.413.